The highest BCUT2D eigenvalue weighted by Crippen LogP contribution is 2.38. The van der Waals surface area contributed by atoms with E-state index in [0.717, 1.165) is 19.3 Å². The van der Waals surface area contributed by atoms with E-state index in [1.807, 2.05) is 0 Å². The monoisotopic (exact) mass is 250 g/mol. The molecule has 0 saturated carbocycles. The normalized spacial score (nSPS) is 16.8. The predicted molar refractivity (Wildman–Crippen MR) is 53.3 cm³/mol. The first-order valence-corrected chi connectivity index (χ1v) is 5.49. The number of nitrogens with zero attached hydrogens (tertiary/aromatic N) is 2. The standard InChI is InChI=1S/C10H10ClF3N2/c11-9-8(10(12,13)14)6-4-2-1-3-5-7(6)15-16-9/h1-5H2. The highest BCUT2D eigenvalue weighted by molar-refractivity contribution is 6.30. The lowest BCUT2D eigenvalue weighted by molar-refractivity contribution is -0.138. The van der Waals surface area contributed by atoms with Crippen molar-refractivity contribution in [3.8, 4) is 0 Å². The Balaban J connectivity index is 2.58. The Morgan fingerprint density at radius 2 is 1.69 bits per heavy atom. The molecule has 6 heteroatoms. The molecular weight excluding hydrogens is 241 g/mol. The van der Waals surface area contributed by atoms with E-state index < -0.39 is 16.9 Å². The second kappa shape index (κ2) is 4.20. The number of hydrogen-bond acceptors (Lipinski definition) is 2. The van der Waals surface area contributed by atoms with Crippen LogP contribution in [0.5, 0.6) is 0 Å². The van der Waals surface area contributed by atoms with E-state index in [4.69, 9.17) is 11.6 Å². The number of hydrogen-bond donors (Lipinski definition) is 0. The van der Waals surface area contributed by atoms with E-state index in [1.165, 1.54) is 0 Å². The summed E-state index contributed by atoms with van der Waals surface area (Å²) in [4.78, 5) is 0. The van der Waals surface area contributed by atoms with Crippen molar-refractivity contribution in [3.63, 3.8) is 0 Å². The van der Waals surface area contributed by atoms with Crippen LogP contribution in [0.1, 0.15) is 36.1 Å². The van der Waals surface area contributed by atoms with Gasteiger partial charge in [0, 0.05) is 0 Å². The molecule has 1 aliphatic carbocycles. The highest BCUT2D eigenvalue weighted by atomic mass is 35.5. The van der Waals surface area contributed by atoms with E-state index in [2.05, 4.69) is 10.2 Å². The summed E-state index contributed by atoms with van der Waals surface area (Å²) >= 11 is 5.51. The van der Waals surface area contributed by atoms with Gasteiger partial charge in [-0.1, -0.05) is 18.0 Å². The lowest BCUT2D eigenvalue weighted by Crippen LogP contribution is -2.14. The summed E-state index contributed by atoms with van der Waals surface area (Å²) in [5.41, 5.74) is -0.0970. The quantitative estimate of drug-likeness (QED) is 0.660. The van der Waals surface area contributed by atoms with Crippen LogP contribution in [0.25, 0.3) is 0 Å². The van der Waals surface area contributed by atoms with Gasteiger partial charge in [-0.05, 0) is 31.2 Å². The van der Waals surface area contributed by atoms with Crippen LogP contribution in [0.3, 0.4) is 0 Å². The second-order valence-corrected chi connectivity index (χ2v) is 4.21. The van der Waals surface area contributed by atoms with E-state index in [9.17, 15) is 13.2 Å². The zero-order chi connectivity index (χ0) is 11.8. The zero-order valence-corrected chi connectivity index (χ0v) is 9.20. The zero-order valence-electron chi connectivity index (χ0n) is 8.44. The molecule has 0 spiro atoms. The van der Waals surface area contributed by atoms with Crippen molar-refractivity contribution < 1.29 is 13.2 Å². The summed E-state index contributed by atoms with van der Waals surface area (Å²) in [6.07, 6.45) is -0.965. The second-order valence-electron chi connectivity index (χ2n) is 3.85. The number of aromatic nitrogens is 2. The average Bonchev–Trinajstić information content (AvgIpc) is 2.40. The van der Waals surface area contributed by atoms with E-state index >= 15 is 0 Å². The molecule has 0 radical (unpaired) electrons. The van der Waals surface area contributed by atoms with Crippen molar-refractivity contribution in [1.82, 2.24) is 10.2 Å². The van der Waals surface area contributed by atoms with Crippen molar-refractivity contribution in [2.45, 2.75) is 38.3 Å². The molecule has 1 aromatic heterocycles. The van der Waals surface area contributed by atoms with Gasteiger partial charge in [0.25, 0.3) is 0 Å². The molecule has 88 valence electrons. The van der Waals surface area contributed by atoms with Crippen molar-refractivity contribution in [2.24, 2.45) is 0 Å². The fourth-order valence-corrected chi connectivity index (χ4v) is 2.27. The van der Waals surface area contributed by atoms with Crippen molar-refractivity contribution >= 4 is 11.6 Å². The van der Waals surface area contributed by atoms with Crippen molar-refractivity contribution in [3.05, 3.63) is 22.0 Å². The number of aryl methyl sites for hydroxylation is 1. The van der Waals surface area contributed by atoms with Crippen LogP contribution in [0, 0.1) is 0 Å². The molecular formula is C10H10ClF3N2. The molecule has 2 nitrogen and oxygen atoms in total. The van der Waals surface area contributed by atoms with Crippen LogP contribution in [0.15, 0.2) is 0 Å². The minimum absolute atomic E-state index is 0.241. The van der Waals surface area contributed by atoms with Gasteiger partial charge in [-0.15, -0.1) is 5.10 Å². The largest absolute Gasteiger partial charge is 0.419 e. The minimum atomic E-state index is -4.44. The SMILES string of the molecule is FC(F)(F)c1c(Cl)nnc2c1CCCCC2. The molecule has 1 aliphatic rings. The summed E-state index contributed by atoms with van der Waals surface area (Å²) in [6, 6.07) is 0. The molecule has 0 N–H and O–H groups in total. The molecule has 16 heavy (non-hydrogen) atoms. The first-order chi connectivity index (χ1) is 7.50. The molecule has 0 saturated heterocycles. The van der Waals surface area contributed by atoms with Gasteiger partial charge in [0.1, 0.15) is 0 Å². The predicted octanol–water partition coefficient (Wildman–Crippen LogP) is 3.42. The van der Waals surface area contributed by atoms with Gasteiger partial charge in [0.05, 0.1) is 11.3 Å². The van der Waals surface area contributed by atoms with E-state index in [0.29, 0.717) is 18.5 Å². The maximum absolute atomic E-state index is 12.8. The molecule has 0 amide bonds. The summed E-state index contributed by atoms with van der Waals surface area (Å²) in [6.45, 7) is 0. The summed E-state index contributed by atoms with van der Waals surface area (Å²) in [7, 11) is 0. The first kappa shape index (κ1) is 11.6. The minimum Gasteiger partial charge on any atom is -0.166 e. The van der Waals surface area contributed by atoms with E-state index in [1.54, 1.807) is 0 Å². The Bertz CT molecular complexity index is 404. The van der Waals surface area contributed by atoms with Gasteiger partial charge in [-0.25, -0.2) is 0 Å². The number of alkyl halides is 3. The average molecular weight is 251 g/mol. The fourth-order valence-electron chi connectivity index (χ4n) is 2.01. The van der Waals surface area contributed by atoms with Gasteiger partial charge < -0.3 is 0 Å². The number of fused-ring (bicyclic) bond motifs is 1. The Morgan fingerprint density at radius 3 is 2.38 bits per heavy atom. The molecule has 0 atom stereocenters. The number of rotatable bonds is 0. The van der Waals surface area contributed by atoms with E-state index in [-0.39, 0.29) is 5.56 Å². The molecule has 1 heterocycles. The lowest BCUT2D eigenvalue weighted by Gasteiger charge is -2.14. The summed E-state index contributed by atoms with van der Waals surface area (Å²) in [5, 5.41) is 6.63. The highest BCUT2D eigenvalue weighted by Gasteiger charge is 2.38. The van der Waals surface area contributed by atoms with Crippen molar-refractivity contribution in [2.75, 3.05) is 0 Å². The fraction of sp³-hybridized carbons (Fsp3) is 0.600. The first-order valence-electron chi connectivity index (χ1n) is 5.11. The summed E-state index contributed by atoms with van der Waals surface area (Å²) < 4.78 is 38.5. The van der Waals surface area contributed by atoms with Gasteiger partial charge in [-0.3, -0.25) is 0 Å². The number of halogens is 4. The Hall–Kier alpha value is -0.840. The maximum atomic E-state index is 12.8. The van der Waals surface area contributed by atoms with Gasteiger partial charge in [-0.2, -0.15) is 18.3 Å². The molecule has 0 aliphatic heterocycles. The van der Waals surface area contributed by atoms with Crippen LogP contribution in [0.2, 0.25) is 5.15 Å². The summed E-state index contributed by atoms with van der Waals surface area (Å²) in [5.74, 6) is 0. The Morgan fingerprint density at radius 1 is 1.00 bits per heavy atom. The third-order valence-corrected chi connectivity index (χ3v) is 3.00. The van der Waals surface area contributed by atoms with Gasteiger partial charge in [0.15, 0.2) is 5.15 Å². The topological polar surface area (TPSA) is 25.8 Å². The molecule has 0 unspecified atom stereocenters. The van der Waals surface area contributed by atoms with Crippen molar-refractivity contribution in [1.29, 1.82) is 0 Å². The Labute approximate surface area is 95.8 Å². The van der Waals surface area contributed by atoms with Crippen LogP contribution in [0.4, 0.5) is 13.2 Å². The van der Waals surface area contributed by atoms with Gasteiger partial charge >= 0.3 is 6.18 Å². The molecule has 0 bridgehead atoms. The third kappa shape index (κ3) is 2.14. The molecule has 2 rings (SSSR count). The smallest absolute Gasteiger partial charge is 0.166 e. The molecule has 1 aromatic rings. The van der Waals surface area contributed by atoms with Crippen LogP contribution in [-0.2, 0) is 19.0 Å². The van der Waals surface area contributed by atoms with Gasteiger partial charge in [0.2, 0.25) is 0 Å². The molecule has 0 fully saturated rings. The third-order valence-electron chi connectivity index (χ3n) is 2.74. The molecule has 0 aromatic carbocycles. The van der Waals surface area contributed by atoms with Crippen LogP contribution < -0.4 is 0 Å². The Kier molecular flexibility index (Phi) is 3.06. The van der Waals surface area contributed by atoms with Crippen LogP contribution in [-0.4, -0.2) is 10.2 Å². The lowest BCUT2D eigenvalue weighted by atomic mass is 10.0. The van der Waals surface area contributed by atoms with Crippen LogP contribution >= 0.6 is 11.6 Å². The maximum Gasteiger partial charge on any atom is 0.419 e.